The number of piperidine rings is 1. The van der Waals surface area contributed by atoms with E-state index < -0.39 is 0 Å². The molecule has 3 N–H and O–H groups in total. The van der Waals surface area contributed by atoms with Crippen LogP contribution in [0.4, 0.5) is 5.82 Å². The van der Waals surface area contributed by atoms with Gasteiger partial charge in [-0.15, -0.1) is 10.2 Å². The lowest BCUT2D eigenvalue weighted by Gasteiger charge is -2.29. The van der Waals surface area contributed by atoms with Crippen molar-refractivity contribution in [1.82, 2.24) is 30.3 Å². The van der Waals surface area contributed by atoms with Gasteiger partial charge in [0.1, 0.15) is 24.2 Å². The second-order valence-electron chi connectivity index (χ2n) is 7.70. The standard InChI is InChI=1S/C20H23N7O/c28-19-9-16(27-12-21-11-23-27)3-4-17(19)18-5-6-20(26-25-18)22-10-13-7-14-1-2-15(8-13)24-14/h3-6,9,11-15,24,28H,1-2,7-8,10H2,(H,22,26). The summed E-state index contributed by atoms with van der Waals surface area (Å²) >= 11 is 0. The van der Waals surface area contributed by atoms with Crippen molar-refractivity contribution in [3.8, 4) is 22.7 Å². The highest BCUT2D eigenvalue weighted by molar-refractivity contribution is 5.68. The molecule has 0 aliphatic carbocycles. The van der Waals surface area contributed by atoms with E-state index in [1.165, 1.54) is 32.0 Å². The monoisotopic (exact) mass is 377 g/mol. The number of hydrogen-bond acceptors (Lipinski definition) is 7. The molecule has 0 saturated carbocycles. The van der Waals surface area contributed by atoms with Crippen LogP contribution in [0, 0.1) is 5.92 Å². The van der Waals surface area contributed by atoms with E-state index in [1.807, 2.05) is 24.3 Å². The Kier molecular flexibility index (Phi) is 4.40. The highest BCUT2D eigenvalue weighted by Crippen LogP contribution is 2.31. The molecule has 4 heterocycles. The minimum Gasteiger partial charge on any atom is -0.507 e. The van der Waals surface area contributed by atoms with E-state index >= 15 is 0 Å². The number of phenols is 1. The maximum absolute atomic E-state index is 10.4. The fourth-order valence-corrected chi connectivity index (χ4v) is 4.38. The SMILES string of the molecule is Oc1cc(-n2cncn2)ccc1-c1ccc(NCC2CC3CCC(C2)N3)nn1. The lowest BCUT2D eigenvalue weighted by molar-refractivity contribution is 0.311. The Hall–Kier alpha value is -3.00. The highest BCUT2D eigenvalue weighted by atomic mass is 16.3. The number of aromatic nitrogens is 5. The molecule has 144 valence electrons. The Morgan fingerprint density at radius 2 is 1.96 bits per heavy atom. The number of aromatic hydroxyl groups is 1. The van der Waals surface area contributed by atoms with E-state index in [4.69, 9.17) is 0 Å². The summed E-state index contributed by atoms with van der Waals surface area (Å²) < 4.78 is 1.59. The largest absolute Gasteiger partial charge is 0.507 e. The molecule has 8 heteroatoms. The zero-order chi connectivity index (χ0) is 18.9. The van der Waals surface area contributed by atoms with Crippen molar-refractivity contribution in [2.75, 3.05) is 11.9 Å². The summed E-state index contributed by atoms with van der Waals surface area (Å²) in [5.74, 6) is 1.59. The van der Waals surface area contributed by atoms with Gasteiger partial charge in [0.15, 0.2) is 0 Å². The highest BCUT2D eigenvalue weighted by Gasteiger charge is 2.33. The molecule has 2 atom stereocenters. The first-order valence-electron chi connectivity index (χ1n) is 9.76. The lowest BCUT2D eigenvalue weighted by Crippen LogP contribution is -2.40. The van der Waals surface area contributed by atoms with E-state index in [9.17, 15) is 5.11 Å². The summed E-state index contributed by atoms with van der Waals surface area (Å²) in [6.45, 7) is 0.931. The van der Waals surface area contributed by atoms with Gasteiger partial charge in [0.25, 0.3) is 0 Å². The predicted octanol–water partition coefficient (Wildman–Crippen LogP) is 2.37. The molecular formula is C20H23N7O. The van der Waals surface area contributed by atoms with Crippen molar-refractivity contribution < 1.29 is 5.11 Å². The van der Waals surface area contributed by atoms with E-state index in [0.717, 1.165) is 18.1 Å². The Labute approximate surface area is 163 Å². The maximum atomic E-state index is 10.4. The molecule has 1 aromatic carbocycles. The van der Waals surface area contributed by atoms with E-state index in [2.05, 4.69) is 30.9 Å². The summed E-state index contributed by atoms with van der Waals surface area (Å²) in [7, 11) is 0. The molecule has 2 aromatic heterocycles. The van der Waals surface area contributed by atoms with Crippen molar-refractivity contribution in [1.29, 1.82) is 0 Å². The molecular weight excluding hydrogens is 354 g/mol. The minimum atomic E-state index is 0.133. The minimum absolute atomic E-state index is 0.133. The van der Waals surface area contributed by atoms with E-state index in [-0.39, 0.29) is 5.75 Å². The van der Waals surface area contributed by atoms with Gasteiger partial charge in [-0.3, -0.25) is 0 Å². The first-order valence-corrected chi connectivity index (χ1v) is 9.76. The number of phenolic OH excluding ortho intramolecular Hbond substituents is 1. The fourth-order valence-electron chi connectivity index (χ4n) is 4.38. The van der Waals surface area contributed by atoms with E-state index in [1.54, 1.807) is 17.1 Å². The van der Waals surface area contributed by atoms with Gasteiger partial charge in [-0.25, -0.2) is 9.67 Å². The van der Waals surface area contributed by atoms with Gasteiger partial charge in [0.05, 0.1) is 11.4 Å². The molecule has 2 bridgehead atoms. The van der Waals surface area contributed by atoms with Gasteiger partial charge in [-0.2, -0.15) is 5.10 Å². The van der Waals surface area contributed by atoms with Crippen LogP contribution in [-0.4, -0.2) is 48.7 Å². The third-order valence-electron chi connectivity index (χ3n) is 5.75. The second-order valence-corrected chi connectivity index (χ2v) is 7.70. The zero-order valence-corrected chi connectivity index (χ0v) is 15.5. The van der Waals surface area contributed by atoms with Crippen LogP contribution in [0.3, 0.4) is 0 Å². The Balaban J connectivity index is 1.25. The lowest BCUT2D eigenvalue weighted by atomic mass is 9.92. The van der Waals surface area contributed by atoms with Crippen LogP contribution in [0.2, 0.25) is 0 Å². The Morgan fingerprint density at radius 1 is 1.11 bits per heavy atom. The molecule has 2 aliphatic heterocycles. The number of benzene rings is 1. The molecule has 0 radical (unpaired) electrons. The molecule has 2 unspecified atom stereocenters. The molecule has 0 spiro atoms. The summed E-state index contributed by atoms with van der Waals surface area (Å²) in [6, 6.07) is 10.5. The summed E-state index contributed by atoms with van der Waals surface area (Å²) in [4.78, 5) is 3.92. The van der Waals surface area contributed by atoms with Gasteiger partial charge >= 0.3 is 0 Å². The van der Waals surface area contributed by atoms with Crippen LogP contribution in [0.5, 0.6) is 5.75 Å². The molecule has 28 heavy (non-hydrogen) atoms. The topological polar surface area (TPSA) is 101 Å². The summed E-state index contributed by atoms with van der Waals surface area (Å²) in [5.41, 5.74) is 2.01. The van der Waals surface area contributed by atoms with Gasteiger partial charge in [0, 0.05) is 30.3 Å². The number of hydrogen-bond donors (Lipinski definition) is 3. The predicted molar refractivity (Wildman–Crippen MR) is 105 cm³/mol. The fraction of sp³-hybridized carbons (Fsp3) is 0.400. The molecule has 2 aliphatic rings. The van der Waals surface area contributed by atoms with Crippen LogP contribution >= 0.6 is 0 Å². The molecule has 8 nitrogen and oxygen atoms in total. The Morgan fingerprint density at radius 3 is 2.64 bits per heavy atom. The number of anilines is 1. The summed E-state index contributed by atoms with van der Waals surface area (Å²) in [6.07, 6.45) is 8.14. The van der Waals surface area contributed by atoms with Crippen LogP contribution < -0.4 is 10.6 Å². The van der Waals surface area contributed by atoms with Gasteiger partial charge < -0.3 is 15.7 Å². The first kappa shape index (κ1) is 17.1. The molecule has 2 fully saturated rings. The summed E-state index contributed by atoms with van der Waals surface area (Å²) in [5, 5.41) is 30.1. The van der Waals surface area contributed by atoms with Crippen LogP contribution in [0.1, 0.15) is 25.7 Å². The number of rotatable bonds is 5. The maximum Gasteiger partial charge on any atom is 0.148 e. The van der Waals surface area contributed by atoms with Gasteiger partial charge in [-0.05, 0) is 55.9 Å². The van der Waals surface area contributed by atoms with Crippen molar-refractivity contribution >= 4 is 5.82 Å². The van der Waals surface area contributed by atoms with Crippen LogP contribution in [0.25, 0.3) is 16.9 Å². The van der Waals surface area contributed by atoms with Crippen molar-refractivity contribution in [2.45, 2.75) is 37.8 Å². The van der Waals surface area contributed by atoms with Crippen molar-refractivity contribution in [3.63, 3.8) is 0 Å². The Bertz CT molecular complexity index is 930. The van der Waals surface area contributed by atoms with Gasteiger partial charge in [0.2, 0.25) is 0 Å². The third kappa shape index (κ3) is 3.43. The number of fused-ring (bicyclic) bond motifs is 2. The second kappa shape index (κ2) is 7.20. The smallest absolute Gasteiger partial charge is 0.148 e. The van der Waals surface area contributed by atoms with Crippen LogP contribution in [-0.2, 0) is 0 Å². The van der Waals surface area contributed by atoms with Crippen LogP contribution in [0.15, 0.2) is 43.0 Å². The molecule has 2 saturated heterocycles. The number of nitrogens with one attached hydrogen (secondary N) is 2. The third-order valence-corrected chi connectivity index (χ3v) is 5.75. The normalized spacial score (nSPS) is 23.6. The zero-order valence-electron chi connectivity index (χ0n) is 15.5. The number of nitrogens with zero attached hydrogens (tertiary/aromatic N) is 5. The van der Waals surface area contributed by atoms with Gasteiger partial charge in [-0.1, -0.05) is 0 Å². The first-order chi connectivity index (χ1) is 13.7. The van der Waals surface area contributed by atoms with Crippen molar-refractivity contribution in [2.24, 2.45) is 5.92 Å². The molecule has 0 amide bonds. The van der Waals surface area contributed by atoms with Crippen molar-refractivity contribution in [3.05, 3.63) is 43.0 Å². The quantitative estimate of drug-likeness (QED) is 0.627. The molecule has 3 aromatic rings. The average Bonchev–Trinajstić information content (AvgIpc) is 3.37. The average molecular weight is 377 g/mol. The molecule has 5 rings (SSSR count). The van der Waals surface area contributed by atoms with E-state index in [0.29, 0.717) is 29.3 Å².